The topological polar surface area (TPSA) is 0 Å². The lowest BCUT2D eigenvalue weighted by Crippen LogP contribution is -2.16. The summed E-state index contributed by atoms with van der Waals surface area (Å²) < 4.78 is 0. The maximum atomic E-state index is 2.46. The second kappa shape index (κ2) is 3.53. The predicted octanol–water partition coefficient (Wildman–Crippen LogP) is 3.87. The van der Waals surface area contributed by atoms with E-state index >= 15 is 0 Å². The monoisotopic (exact) mass is 174 g/mol. The molecule has 2 rings (SSSR count). The molecule has 0 heterocycles. The Morgan fingerprint density at radius 2 is 2.23 bits per heavy atom. The summed E-state index contributed by atoms with van der Waals surface area (Å²) >= 11 is 0. The second-order valence-corrected chi connectivity index (χ2v) is 4.36. The highest BCUT2D eigenvalue weighted by Gasteiger charge is 2.23. The zero-order chi connectivity index (χ0) is 9.26. The molecule has 2 aliphatic rings. The smallest absolute Gasteiger partial charge is 0.00473 e. The van der Waals surface area contributed by atoms with Crippen LogP contribution in [0, 0.1) is 11.8 Å². The first-order valence-corrected chi connectivity index (χ1v) is 5.34. The van der Waals surface area contributed by atoms with Crippen molar-refractivity contribution in [1.29, 1.82) is 0 Å². The molecule has 0 nitrogen and oxygen atoms in total. The average Bonchev–Trinajstić information content (AvgIpc) is 2.17. The van der Waals surface area contributed by atoms with Crippen LogP contribution in [0.15, 0.2) is 35.5 Å². The van der Waals surface area contributed by atoms with Gasteiger partial charge in [-0.3, -0.25) is 0 Å². The summed E-state index contributed by atoms with van der Waals surface area (Å²) in [7, 11) is 0. The van der Waals surface area contributed by atoms with Crippen LogP contribution in [0.5, 0.6) is 0 Å². The Bertz CT molecular complexity index is 276. The minimum Gasteiger partial charge on any atom is -0.0841 e. The van der Waals surface area contributed by atoms with Crippen LogP contribution in [0.1, 0.15) is 33.1 Å². The Labute approximate surface area is 81.0 Å². The van der Waals surface area contributed by atoms with Crippen molar-refractivity contribution in [1.82, 2.24) is 0 Å². The SMILES string of the molecule is CC(C)C1=CCCC2=CC=CCC21. The number of hydrogen-bond acceptors (Lipinski definition) is 0. The van der Waals surface area contributed by atoms with Crippen molar-refractivity contribution < 1.29 is 0 Å². The Hall–Kier alpha value is -0.780. The summed E-state index contributed by atoms with van der Waals surface area (Å²) in [5, 5.41) is 0. The minimum atomic E-state index is 0.722. The van der Waals surface area contributed by atoms with Crippen molar-refractivity contribution in [2.24, 2.45) is 11.8 Å². The molecule has 0 fully saturated rings. The van der Waals surface area contributed by atoms with E-state index in [9.17, 15) is 0 Å². The van der Waals surface area contributed by atoms with Gasteiger partial charge >= 0.3 is 0 Å². The molecule has 1 atom stereocenters. The van der Waals surface area contributed by atoms with E-state index in [4.69, 9.17) is 0 Å². The molecule has 1 unspecified atom stereocenters. The molecule has 0 aliphatic heterocycles. The predicted molar refractivity (Wildman–Crippen MR) is 57.5 cm³/mol. The van der Waals surface area contributed by atoms with Gasteiger partial charge in [-0.15, -0.1) is 0 Å². The van der Waals surface area contributed by atoms with E-state index in [1.165, 1.54) is 19.3 Å². The van der Waals surface area contributed by atoms with Gasteiger partial charge in [0, 0.05) is 5.92 Å². The molecule has 0 aromatic heterocycles. The van der Waals surface area contributed by atoms with Crippen molar-refractivity contribution in [3.8, 4) is 0 Å². The Morgan fingerprint density at radius 3 is 3.00 bits per heavy atom. The van der Waals surface area contributed by atoms with Crippen LogP contribution in [-0.4, -0.2) is 0 Å². The van der Waals surface area contributed by atoms with E-state index in [-0.39, 0.29) is 0 Å². The summed E-state index contributed by atoms with van der Waals surface area (Å²) in [6.07, 6.45) is 13.1. The summed E-state index contributed by atoms with van der Waals surface area (Å²) in [6, 6.07) is 0. The van der Waals surface area contributed by atoms with Crippen molar-refractivity contribution in [3.63, 3.8) is 0 Å². The molecule has 0 N–H and O–H groups in total. The maximum Gasteiger partial charge on any atom is 0.00473 e. The molecule has 0 saturated heterocycles. The van der Waals surface area contributed by atoms with Crippen LogP contribution in [0.2, 0.25) is 0 Å². The zero-order valence-electron chi connectivity index (χ0n) is 8.59. The molecule has 13 heavy (non-hydrogen) atoms. The fourth-order valence-corrected chi connectivity index (χ4v) is 2.47. The number of hydrogen-bond donors (Lipinski definition) is 0. The Morgan fingerprint density at radius 1 is 1.38 bits per heavy atom. The molecule has 2 aliphatic carbocycles. The van der Waals surface area contributed by atoms with Gasteiger partial charge in [0.1, 0.15) is 0 Å². The normalized spacial score (nSPS) is 26.8. The molecule has 0 heteroatoms. The van der Waals surface area contributed by atoms with Gasteiger partial charge in [0.15, 0.2) is 0 Å². The first-order valence-electron chi connectivity index (χ1n) is 5.34. The average molecular weight is 174 g/mol. The van der Waals surface area contributed by atoms with Crippen LogP contribution in [0.4, 0.5) is 0 Å². The fraction of sp³-hybridized carbons (Fsp3) is 0.538. The van der Waals surface area contributed by atoms with E-state index in [1.54, 1.807) is 11.1 Å². The largest absolute Gasteiger partial charge is 0.0841 e. The molecular weight excluding hydrogens is 156 g/mol. The van der Waals surface area contributed by atoms with E-state index in [0.29, 0.717) is 0 Å². The lowest BCUT2D eigenvalue weighted by Gasteiger charge is -2.30. The van der Waals surface area contributed by atoms with Crippen LogP contribution < -0.4 is 0 Å². The van der Waals surface area contributed by atoms with Crippen LogP contribution >= 0.6 is 0 Å². The lowest BCUT2D eigenvalue weighted by molar-refractivity contribution is 0.561. The first kappa shape index (κ1) is 8.80. The Balaban J connectivity index is 2.26. The molecule has 0 amide bonds. The quantitative estimate of drug-likeness (QED) is 0.529. The summed E-state index contributed by atoms with van der Waals surface area (Å²) in [4.78, 5) is 0. The molecule has 70 valence electrons. The first-order chi connectivity index (χ1) is 6.29. The van der Waals surface area contributed by atoms with Gasteiger partial charge in [-0.25, -0.2) is 0 Å². The van der Waals surface area contributed by atoms with Gasteiger partial charge in [0.2, 0.25) is 0 Å². The standard InChI is InChI=1S/C13H18/c1-10(2)12-9-5-7-11-6-3-4-8-13(11)12/h3-4,6,9-10,13H,5,7-8H2,1-2H3. The van der Waals surface area contributed by atoms with Crippen LogP contribution in [0.25, 0.3) is 0 Å². The molecule has 0 aromatic carbocycles. The van der Waals surface area contributed by atoms with E-state index in [2.05, 4.69) is 38.2 Å². The zero-order valence-corrected chi connectivity index (χ0v) is 8.59. The van der Waals surface area contributed by atoms with Gasteiger partial charge in [0.25, 0.3) is 0 Å². The summed E-state index contributed by atoms with van der Waals surface area (Å²) in [5.74, 6) is 1.47. The van der Waals surface area contributed by atoms with E-state index in [1.807, 2.05) is 0 Å². The number of fused-ring (bicyclic) bond motifs is 1. The maximum absolute atomic E-state index is 2.46. The highest BCUT2D eigenvalue weighted by molar-refractivity contribution is 5.33. The van der Waals surface area contributed by atoms with Crippen LogP contribution in [-0.2, 0) is 0 Å². The van der Waals surface area contributed by atoms with Gasteiger partial charge < -0.3 is 0 Å². The van der Waals surface area contributed by atoms with Gasteiger partial charge in [-0.2, -0.15) is 0 Å². The molecule has 0 bridgehead atoms. The van der Waals surface area contributed by atoms with Gasteiger partial charge in [-0.05, 0) is 25.2 Å². The molecule has 0 saturated carbocycles. The van der Waals surface area contributed by atoms with E-state index < -0.39 is 0 Å². The third-order valence-electron chi connectivity index (χ3n) is 3.15. The van der Waals surface area contributed by atoms with Gasteiger partial charge in [-0.1, -0.05) is 49.3 Å². The molecular formula is C13H18. The highest BCUT2D eigenvalue weighted by atomic mass is 14.3. The van der Waals surface area contributed by atoms with Crippen molar-refractivity contribution in [3.05, 3.63) is 35.5 Å². The fourth-order valence-electron chi connectivity index (χ4n) is 2.47. The summed E-state index contributed by atoms with van der Waals surface area (Å²) in [6.45, 7) is 4.63. The highest BCUT2D eigenvalue weighted by Crippen LogP contribution is 2.38. The van der Waals surface area contributed by atoms with E-state index in [0.717, 1.165) is 11.8 Å². The second-order valence-electron chi connectivity index (χ2n) is 4.36. The number of rotatable bonds is 1. The summed E-state index contributed by atoms with van der Waals surface area (Å²) in [5.41, 5.74) is 3.33. The molecule has 0 aromatic rings. The lowest BCUT2D eigenvalue weighted by atomic mass is 9.75. The van der Waals surface area contributed by atoms with Gasteiger partial charge in [0.05, 0.1) is 0 Å². The third kappa shape index (κ3) is 1.63. The minimum absolute atomic E-state index is 0.722. The van der Waals surface area contributed by atoms with Crippen molar-refractivity contribution >= 4 is 0 Å². The van der Waals surface area contributed by atoms with Crippen molar-refractivity contribution in [2.75, 3.05) is 0 Å². The molecule has 0 radical (unpaired) electrons. The third-order valence-corrected chi connectivity index (χ3v) is 3.15. The molecule has 0 spiro atoms. The van der Waals surface area contributed by atoms with Crippen molar-refractivity contribution in [2.45, 2.75) is 33.1 Å². The van der Waals surface area contributed by atoms with Crippen LogP contribution in [0.3, 0.4) is 0 Å². The Kier molecular flexibility index (Phi) is 2.39. The number of allylic oxidation sites excluding steroid dienone is 6.